The number of hydrogen-bond donors (Lipinski definition) is 0. The Hall–Kier alpha value is -1.09. The first-order valence-electron chi connectivity index (χ1n) is 7.86. The maximum absolute atomic E-state index is 13.4. The van der Waals surface area contributed by atoms with Crippen LogP contribution >= 0.6 is 11.6 Å². The number of rotatable bonds is 7. The average molecular weight is 311 g/mol. The molecule has 0 amide bonds. The van der Waals surface area contributed by atoms with Crippen LogP contribution in [0.4, 0.5) is 4.39 Å². The first-order chi connectivity index (χ1) is 10.1. The van der Waals surface area contributed by atoms with Gasteiger partial charge in [-0.1, -0.05) is 33.1 Å². The van der Waals surface area contributed by atoms with E-state index in [1.165, 1.54) is 31.4 Å². The lowest BCUT2D eigenvalue weighted by atomic mass is 9.99. The SMILES string of the molecule is CCCCC(CC)Cn1c(C(C)Cl)nc2cc(F)ccc21. The van der Waals surface area contributed by atoms with Gasteiger partial charge in [-0.2, -0.15) is 0 Å². The monoisotopic (exact) mass is 310 g/mol. The zero-order chi connectivity index (χ0) is 15.4. The van der Waals surface area contributed by atoms with Crippen LogP contribution in [-0.4, -0.2) is 9.55 Å². The number of imidazole rings is 1. The Balaban J connectivity index is 2.37. The van der Waals surface area contributed by atoms with E-state index >= 15 is 0 Å². The Kier molecular flexibility index (Phi) is 5.63. The van der Waals surface area contributed by atoms with Crippen molar-refractivity contribution in [2.24, 2.45) is 5.92 Å². The largest absolute Gasteiger partial charge is 0.326 e. The van der Waals surface area contributed by atoms with Crippen molar-refractivity contribution in [1.29, 1.82) is 0 Å². The Morgan fingerprint density at radius 2 is 2.10 bits per heavy atom. The molecule has 2 aromatic rings. The van der Waals surface area contributed by atoms with Crippen LogP contribution in [0.5, 0.6) is 0 Å². The Labute approximate surface area is 131 Å². The molecule has 21 heavy (non-hydrogen) atoms. The first kappa shape index (κ1) is 16.3. The summed E-state index contributed by atoms with van der Waals surface area (Å²) < 4.78 is 15.6. The lowest BCUT2D eigenvalue weighted by Crippen LogP contribution is -2.13. The minimum Gasteiger partial charge on any atom is -0.326 e. The molecule has 0 bridgehead atoms. The highest BCUT2D eigenvalue weighted by molar-refractivity contribution is 6.20. The normalized spacial score (nSPS) is 14.5. The van der Waals surface area contributed by atoms with Crippen LogP contribution in [0, 0.1) is 11.7 Å². The predicted molar refractivity (Wildman–Crippen MR) is 87.3 cm³/mol. The van der Waals surface area contributed by atoms with Gasteiger partial charge in [-0.05, 0) is 31.4 Å². The first-order valence-corrected chi connectivity index (χ1v) is 8.30. The van der Waals surface area contributed by atoms with E-state index < -0.39 is 0 Å². The number of fused-ring (bicyclic) bond motifs is 1. The third kappa shape index (κ3) is 3.76. The summed E-state index contributed by atoms with van der Waals surface area (Å²) in [5.41, 5.74) is 1.68. The second-order valence-electron chi connectivity index (χ2n) is 5.75. The van der Waals surface area contributed by atoms with Gasteiger partial charge >= 0.3 is 0 Å². The summed E-state index contributed by atoms with van der Waals surface area (Å²) in [5.74, 6) is 1.20. The van der Waals surface area contributed by atoms with E-state index in [0.717, 1.165) is 24.3 Å². The number of aromatic nitrogens is 2. The zero-order valence-corrected chi connectivity index (χ0v) is 13.8. The third-order valence-electron chi connectivity index (χ3n) is 4.08. The molecule has 1 aromatic carbocycles. The van der Waals surface area contributed by atoms with Gasteiger partial charge in [0.2, 0.25) is 0 Å². The van der Waals surface area contributed by atoms with Gasteiger partial charge in [-0.25, -0.2) is 9.37 Å². The Bertz CT molecular complexity index is 592. The molecule has 2 rings (SSSR count). The van der Waals surface area contributed by atoms with Crippen LogP contribution < -0.4 is 0 Å². The van der Waals surface area contributed by atoms with Crippen molar-refractivity contribution in [3.05, 3.63) is 29.8 Å². The van der Waals surface area contributed by atoms with E-state index in [2.05, 4.69) is 23.4 Å². The van der Waals surface area contributed by atoms with Crippen molar-refractivity contribution in [3.63, 3.8) is 0 Å². The summed E-state index contributed by atoms with van der Waals surface area (Å²) in [5, 5.41) is -0.177. The minimum absolute atomic E-state index is 0.177. The molecule has 2 atom stereocenters. The summed E-state index contributed by atoms with van der Waals surface area (Å²) in [6.45, 7) is 7.27. The van der Waals surface area contributed by atoms with Crippen LogP contribution in [-0.2, 0) is 6.54 Å². The van der Waals surface area contributed by atoms with Crippen molar-refractivity contribution < 1.29 is 4.39 Å². The molecule has 0 saturated heterocycles. The molecule has 0 saturated carbocycles. The predicted octanol–water partition coefficient (Wildman–Crippen LogP) is 5.69. The van der Waals surface area contributed by atoms with E-state index in [1.54, 1.807) is 0 Å². The number of unbranched alkanes of at least 4 members (excludes halogenated alkanes) is 1. The molecule has 0 spiro atoms. The highest BCUT2D eigenvalue weighted by Crippen LogP contribution is 2.27. The topological polar surface area (TPSA) is 17.8 Å². The Morgan fingerprint density at radius 1 is 1.33 bits per heavy atom. The van der Waals surface area contributed by atoms with E-state index in [9.17, 15) is 4.39 Å². The third-order valence-corrected chi connectivity index (χ3v) is 4.27. The lowest BCUT2D eigenvalue weighted by molar-refractivity contribution is 0.389. The quantitative estimate of drug-likeness (QED) is 0.600. The number of nitrogens with zero attached hydrogens (tertiary/aromatic N) is 2. The number of benzene rings is 1. The molecule has 0 aliphatic heterocycles. The van der Waals surface area contributed by atoms with Gasteiger partial charge in [-0.3, -0.25) is 0 Å². The summed E-state index contributed by atoms with van der Waals surface area (Å²) in [6.07, 6.45) is 4.80. The minimum atomic E-state index is -0.251. The Morgan fingerprint density at radius 3 is 2.71 bits per heavy atom. The van der Waals surface area contributed by atoms with Gasteiger partial charge in [0.1, 0.15) is 11.6 Å². The van der Waals surface area contributed by atoms with Crippen molar-refractivity contribution in [2.45, 2.75) is 58.4 Å². The molecule has 0 N–H and O–H groups in total. The second-order valence-corrected chi connectivity index (χ2v) is 6.40. The molecule has 2 unspecified atom stereocenters. The molecule has 4 heteroatoms. The van der Waals surface area contributed by atoms with Gasteiger partial charge in [-0.15, -0.1) is 11.6 Å². The average Bonchev–Trinajstić information content (AvgIpc) is 2.81. The number of alkyl halides is 1. The fraction of sp³-hybridized carbons (Fsp3) is 0.588. The van der Waals surface area contributed by atoms with E-state index in [1.807, 2.05) is 13.0 Å². The fourth-order valence-corrected chi connectivity index (χ4v) is 2.96. The summed E-state index contributed by atoms with van der Waals surface area (Å²) >= 11 is 6.27. The number of hydrogen-bond acceptors (Lipinski definition) is 1. The van der Waals surface area contributed by atoms with Crippen LogP contribution in [0.2, 0.25) is 0 Å². The molecule has 116 valence electrons. The number of halogens is 2. The van der Waals surface area contributed by atoms with Crippen LogP contribution in [0.1, 0.15) is 57.7 Å². The van der Waals surface area contributed by atoms with Crippen molar-refractivity contribution in [2.75, 3.05) is 0 Å². The van der Waals surface area contributed by atoms with Crippen LogP contribution in [0.25, 0.3) is 11.0 Å². The van der Waals surface area contributed by atoms with Crippen molar-refractivity contribution in [1.82, 2.24) is 9.55 Å². The molecular weight excluding hydrogens is 287 g/mol. The highest BCUT2D eigenvalue weighted by atomic mass is 35.5. The molecule has 0 aliphatic carbocycles. The molecule has 0 aliphatic rings. The highest BCUT2D eigenvalue weighted by Gasteiger charge is 2.18. The summed E-state index contributed by atoms with van der Waals surface area (Å²) in [4.78, 5) is 4.53. The smallest absolute Gasteiger partial charge is 0.127 e. The van der Waals surface area contributed by atoms with Crippen LogP contribution in [0.3, 0.4) is 0 Å². The molecule has 0 radical (unpaired) electrons. The summed E-state index contributed by atoms with van der Waals surface area (Å²) in [7, 11) is 0. The standard InChI is InChI=1S/C17H24ClFN2/c1-4-6-7-13(5-2)11-21-16-9-8-14(19)10-15(16)20-17(21)12(3)18/h8-10,12-13H,4-7,11H2,1-3H3. The molecule has 1 heterocycles. The second kappa shape index (κ2) is 7.26. The van der Waals surface area contributed by atoms with E-state index in [0.29, 0.717) is 11.4 Å². The molecule has 2 nitrogen and oxygen atoms in total. The van der Waals surface area contributed by atoms with Gasteiger partial charge in [0.15, 0.2) is 0 Å². The van der Waals surface area contributed by atoms with E-state index in [4.69, 9.17) is 11.6 Å². The fourth-order valence-electron chi connectivity index (χ4n) is 2.79. The maximum atomic E-state index is 13.4. The van der Waals surface area contributed by atoms with Gasteiger partial charge in [0, 0.05) is 12.6 Å². The van der Waals surface area contributed by atoms with Gasteiger partial charge in [0.05, 0.1) is 16.4 Å². The summed E-state index contributed by atoms with van der Waals surface area (Å²) in [6, 6.07) is 4.80. The van der Waals surface area contributed by atoms with Gasteiger partial charge in [0.25, 0.3) is 0 Å². The maximum Gasteiger partial charge on any atom is 0.127 e. The lowest BCUT2D eigenvalue weighted by Gasteiger charge is -2.18. The van der Waals surface area contributed by atoms with Gasteiger partial charge < -0.3 is 4.57 Å². The van der Waals surface area contributed by atoms with Crippen LogP contribution in [0.15, 0.2) is 18.2 Å². The van der Waals surface area contributed by atoms with Crippen molar-refractivity contribution >= 4 is 22.6 Å². The zero-order valence-electron chi connectivity index (χ0n) is 13.1. The molecule has 0 fully saturated rings. The van der Waals surface area contributed by atoms with E-state index in [-0.39, 0.29) is 11.2 Å². The molecular formula is C17H24ClFN2. The molecule has 1 aromatic heterocycles. The van der Waals surface area contributed by atoms with Crippen molar-refractivity contribution in [3.8, 4) is 0 Å².